The minimum atomic E-state index is -0.526. The zero-order valence-electron chi connectivity index (χ0n) is 10.8. The normalized spacial score (nSPS) is 26.3. The molecule has 104 valence electrons. The summed E-state index contributed by atoms with van der Waals surface area (Å²) in [6.07, 6.45) is 5.31. The van der Waals surface area contributed by atoms with E-state index in [1.807, 2.05) is 11.8 Å². The third-order valence-corrected chi connectivity index (χ3v) is 4.86. The van der Waals surface area contributed by atoms with Gasteiger partial charge in [0.2, 0.25) is 0 Å². The molecule has 0 saturated carbocycles. The van der Waals surface area contributed by atoms with Crippen molar-refractivity contribution in [2.24, 2.45) is 0 Å². The van der Waals surface area contributed by atoms with Crippen molar-refractivity contribution in [3.05, 3.63) is 24.3 Å². The van der Waals surface area contributed by atoms with Gasteiger partial charge in [-0.2, -0.15) is 16.2 Å². The van der Waals surface area contributed by atoms with Gasteiger partial charge in [0.1, 0.15) is 6.10 Å². The molecule has 3 heterocycles. The van der Waals surface area contributed by atoms with Crippen molar-refractivity contribution in [3.8, 4) is 5.75 Å². The van der Waals surface area contributed by atoms with Crippen LogP contribution in [0.15, 0.2) is 18.3 Å². The van der Waals surface area contributed by atoms with E-state index in [2.05, 4.69) is 4.98 Å². The number of thioether (sulfide) groups is 1. The molecule has 1 unspecified atom stereocenters. The van der Waals surface area contributed by atoms with Crippen molar-refractivity contribution in [1.82, 2.24) is 4.98 Å². The number of nitrogens with zero attached hydrogens (tertiary/aromatic N) is 1. The molecule has 2 aliphatic heterocycles. The van der Waals surface area contributed by atoms with Gasteiger partial charge in [-0.15, -0.1) is 0 Å². The van der Waals surface area contributed by atoms with Crippen molar-refractivity contribution >= 4 is 11.8 Å². The highest BCUT2D eigenvalue weighted by molar-refractivity contribution is 7.99. The lowest BCUT2D eigenvalue weighted by Gasteiger charge is -2.43. The van der Waals surface area contributed by atoms with Crippen LogP contribution in [0.3, 0.4) is 0 Å². The Morgan fingerprint density at radius 3 is 3.05 bits per heavy atom. The first-order valence-corrected chi connectivity index (χ1v) is 7.92. The van der Waals surface area contributed by atoms with Crippen LogP contribution in [-0.4, -0.2) is 34.8 Å². The summed E-state index contributed by atoms with van der Waals surface area (Å²) in [6, 6.07) is 3.34. The van der Waals surface area contributed by atoms with Gasteiger partial charge < -0.3 is 9.47 Å². The van der Waals surface area contributed by atoms with E-state index in [-0.39, 0.29) is 17.5 Å². The molecule has 0 N–H and O–H groups in total. The molecule has 5 heteroatoms. The smallest absolute Gasteiger partial charge is 0.255 e. The highest BCUT2D eigenvalue weighted by atomic mass is 32.2. The highest BCUT2D eigenvalue weighted by Crippen LogP contribution is 2.38. The molecule has 2 fully saturated rings. The van der Waals surface area contributed by atoms with Crippen molar-refractivity contribution in [1.29, 1.82) is 0 Å². The fourth-order valence-corrected chi connectivity index (χ4v) is 4.05. The molecule has 1 spiro atoms. The maximum absolute atomic E-state index is 13.5. The van der Waals surface area contributed by atoms with Crippen molar-refractivity contribution in [3.63, 3.8) is 0 Å². The third-order valence-electron chi connectivity index (χ3n) is 3.87. The van der Waals surface area contributed by atoms with Gasteiger partial charge in [-0.3, -0.25) is 0 Å². The van der Waals surface area contributed by atoms with E-state index in [4.69, 9.17) is 9.47 Å². The van der Waals surface area contributed by atoms with E-state index in [9.17, 15) is 4.39 Å². The minimum absolute atomic E-state index is 0.0349. The van der Waals surface area contributed by atoms with Gasteiger partial charge in [-0.1, -0.05) is 0 Å². The van der Waals surface area contributed by atoms with Gasteiger partial charge in [-0.25, -0.2) is 4.98 Å². The Bertz CT molecular complexity index is 432. The standard InChI is InChI=1S/C14H18FNO2S/c15-13-12(2-1-6-16-13)18-11-3-7-17-14(10-11)4-8-19-9-5-14/h1-2,6,11H,3-5,7-10H2. The number of ether oxygens (including phenoxy) is 2. The quantitative estimate of drug-likeness (QED) is 0.781. The largest absolute Gasteiger partial charge is 0.485 e. The second-order valence-electron chi connectivity index (χ2n) is 5.17. The van der Waals surface area contributed by atoms with E-state index in [1.54, 1.807) is 12.1 Å². The SMILES string of the molecule is Fc1ncccc1OC1CCOC2(CCSCC2)C1. The van der Waals surface area contributed by atoms with Crippen LogP contribution >= 0.6 is 11.8 Å². The fraction of sp³-hybridized carbons (Fsp3) is 0.643. The highest BCUT2D eigenvalue weighted by Gasteiger charge is 2.39. The average molecular weight is 283 g/mol. The Kier molecular flexibility index (Phi) is 3.93. The predicted octanol–water partition coefficient (Wildman–Crippen LogP) is 3.04. The Labute approximate surface area is 116 Å². The number of halogens is 1. The lowest BCUT2D eigenvalue weighted by atomic mass is 9.86. The maximum Gasteiger partial charge on any atom is 0.255 e. The number of rotatable bonds is 2. The van der Waals surface area contributed by atoms with Gasteiger partial charge in [0, 0.05) is 19.0 Å². The van der Waals surface area contributed by atoms with E-state index >= 15 is 0 Å². The Hall–Kier alpha value is -0.810. The van der Waals surface area contributed by atoms with E-state index in [0.717, 1.165) is 37.2 Å². The third kappa shape index (κ3) is 3.03. The summed E-state index contributed by atoms with van der Waals surface area (Å²) in [7, 11) is 0. The maximum atomic E-state index is 13.5. The molecule has 0 radical (unpaired) electrons. The molecule has 1 aromatic heterocycles. The van der Waals surface area contributed by atoms with Gasteiger partial charge in [0.25, 0.3) is 5.95 Å². The van der Waals surface area contributed by atoms with Crippen molar-refractivity contribution in [2.45, 2.75) is 37.4 Å². The average Bonchev–Trinajstić information content (AvgIpc) is 2.42. The molecule has 2 saturated heterocycles. The first kappa shape index (κ1) is 13.2. The van der Waals surface area contributed by atoms with Crippen molar-refractivity contribution in [2.75, 3.05) is 18.1 Å². The van der Waals surface area contributed by atoms with Crippen LogP contribution in [0, 0.1) is 5.95 Å². The first-order valence-electron chi connectivity index (χ1n) is 6.76. The first-order chi connectivity index (χ1) is 9.27. The van der Waals surface area contributed by atoms with E-state index < -0.39 is 5.95 Å². The number of hydrogen-bond acceptors (Lipinski definition) is 4. The molecule has 19 heavy (non-hydrogen) atoms. The molecule has 1 atom stereocenters. The van der Waals surface area contributed by atoms with Crippen LogP contribution in [0.1, 0.15) is 25.7 Å². The second kappa shape index (κ2) is 5.67. The molecule has 2 aliphatic rings. The monoisotopic (exact) mass is 283 g/mol. The van der Waals surface area contributed by atoms with Gasteiger partial charge >= 0.3 is 0 Å². The molecule has 0 bridgehead atoms. The van der Waals surface area contributed by atoms with Gasteiger partial charge in [0.15, 0.2) is 5.75 Å². The zero-order chi connectivity index (χ0) is 13.1. The van der Waals surface area contributed by atoms with E-state index in [1.165, 1.54) is 6.20 Å². The summed E-state index contributed by atoms with van der Waals surface area (Å²) in [5.74, 6) is 2.03. The van der Waals surface area contributed by atoms with Crippen molar-refractivity contribution < 1.29 is 13.9 Å². The Balaban J connectivity index is 1.67. The number of hydrogen-bond donors (Lipinski definition) is 0. The van der Waals surface area contributed by atoms with E-state index in [0.29, 0.717) is 6.61 Å². The summed E-state index contributed by atoms with van der Waals surface area (Å²) in [6.45, 7) is 0.706. The molecule has 0 amide bonds. The van der Waals surface area contributed by atoms with Crippen LogP contribution in [0.5, 0.6) is 5.75 Å². The lowest BCUT2D eigenvalue weighted by molar-refractivity contribution is -0.116. The van der Waals surface area contributed by atoms with Crippen LogP contribution < -0.4 is 4.74 Å². The Morgan fingerprint density at radius 2 is 2.26 bits per heavy atom. The molecular formula is C14H18FNO2S. The zero-order valence-corrected chi connectivity index (χ0v) is 11.6. The summed E-state index contributed by atoms with van der Waals surface area (Å²) in [4.78, 5) is 3.62. The Morgan fingerprint density at radius 1 is 1.42 bits per heavy atom. The van der Waals surface area contributed by atoms with Crippen LogP contribution in [0.25, 0.3) is 0 Å². The van der Waals surface area contributed by atoms with Crippen LogP contribution in [-0.2, 0) is 4.74 Å². The van der Waals surface area contributed by atoms with Crippen LogP contribution in [0.2, 0.25) is 0 Å². The topological polar surface area (TPSA) is 31.4 Å². The molecule has 0 aromatic carbocycles. The van der Waals surface area contributed by atoms with Gasteiger partial charge in [-0.05, 0) is 36.5 Å². The summed E-state index contributed by atoms with van der Waals surface area (Å²) in [5.41, 5.74) is -0.0349. The molecule has 3 rings (SSSR count). The summed E-state index contributed by atoms with van der Waals surface area (Å²) < 4.78 is 25.3. The minimum Gasteiger partial charge on any atom is -0.485 e. The lowest BCUT2D eigenvalue weighted by Crippen LogP contribution is -2.46. The number of aromatic nitrogens is 1. The molecule has 1 aromatic rings. The fourth-order valence-electron chi connectivity index (χ4n) is 2.81. The molecule has 3 nitrogen and oxygen atoms in total. The van der Waals surface area contributed by atoms with Gasteiger partial charge in [0.05, 0.1) is 12.2 Å². The molecular weight excluding hydrogens is 265 g/mol. The summed E-state index contributed by atoms with van der Waals surface area (Å²) in [5, 5.41) is 0. The molecule has 0 aliphatic carbocycles. The number of pyridine rings is 1. The summed E-state index contributed by atoms with van der Waals surface area (Å²) >= 11 is 1.98. The predicted molar refractivity (Wildman–Crippen MR) is 73.1 cm³/mol. The van der Waals surface area contributed by atoms with Crippen LogP contribution in [0.4, 0.5) is 4.39 Å². The second-order valence-corrected chi connectivity index (χ2v) is 6.39.